The molecule has 1 aromatic carbocycles. The van der Waals surface area contributed by atoms with Crippen LogP contribution in [0.3, 0.4) is 0 Å². The molecule has 3 rings (SSSR count). The maximum absolute atomic E-state index is 5.35. The average Bonchev–Trinajstić information content (AvgIpc) is 3.34. The minimum absolute atomic E-state index is 0.334. The van der Waals surface area contributed by atoms with Gasteiger partial charge in [0, 0.05) is 52.4 Å². The summed E-state index contributed by atoms with van der Waals surface area (Å²) in [6, 6.07) is 9.37. The van der Waals surface area contributed by atoms with E-state index >= 15 is 0 Å². The molecule has 7 nitrogen and oxygen atoms in total. The van der Waals surface area contributed by atoms with E-state index in [0.29, 0.717) is 18.0 Å². The van der Waals surface area contributed by atoms with Crippen LogP contribution in [0, 0.1) is 5.92 Å². The quantitative estimate of drug-likeness (QED) is 0.450. The highest BCUT2D eigenvalue weighted by molar-refractivity contribution is 5.79. The standard InChI is InChI=1S/C25H44N6O/c1-20(2)23(31-16-14-29(4)15-17-31)18-27-25(26-3)28-19-24(30-12-6-7-13-30)21-8-10-22(32-5)11-9-21/h8-11,20,23-24H,6-7,12-19H2,1-5H3,(H2,26,27,28). The Kier molecular flexibility index (Phi) is 9.63. The molecule has 0 spiro atoms. The first-order valence-electron chi connectivity index (χ1n) is 12.3. The molecular formula is C25H44N6O. The van der Waals surface area contributed by atoms with Gasteiger partial charge in [0.2, 0.25) is 0 Å². The molecule has 0 bridgehead atoms. The normalized spacial score (nSPS) is 21.0. The summed E-state index contributed by atoms with van der Waals surface area (Å²) in [5.41, 5.74) is 1.33. The highest BCUT2D eigenvalue weighted by atomic mass is 16.5. The fraction of sp³-hybridized carbons (Fsp3) is 0.720. The zero-order valence-electron chi connectivity index (χ0n) is 20.8. The van der Waals surface area contributed by atoms with Crippen molar-refractivity contribution in [1.29, 1.82) is 0 Å². The monoisotopic (exact) mass is 444 g/mol. The second-order valence-corrected chi connectivity index (χ2v) is 9.52. The predicted octanol–water partition coefficient (Wildman–Crippen LogP) is 2.27. The van der Waals surface area contributed by atoms with Gasteiger partial charge in [-0.1, -0.05) is 26.0 Å². The summed E-state index contributed by atoms with van der Waals surface area (Å²) >= 11 is 0. The number of nitrogens with one attached hydrogen (secondary N) is 2. The topological polar surface area (TPSA) is 55.4 Å². The van der Waals surface area contributed by atoms with Crippen LogP contribution in [0.4, 0.5) is 0 Å². The fourth-order valence-electron chi connectivity index (χ4n) is 4.89. The van der Waals surface area contributed by atoms with Crippen molar-refractivity contribution in [2.24, 2.45) is 10.9 Å². The Morgan fingerprint density at radius 3 is 2.12 bits per heavy atom. The molecule has 0 aliphatic carbocycles. The molecule has 2 aliphatic heterocycles. The van der Waals surface area contributed by atoms with Gasteiger partial charge in [-0.15, -0.1) is 0 Å². The maximum Gasteiger partial charge on any atom is 0.191 e. The number of guanidine groups is 1. The summed E-state index contributed by atoms with van der Waals surface area (Å²) in [5, 5.41) is 7.24. The van der Waals surface area contributed by atoms with E-state index < -0.39 is 0 Å². The molecule has 0 radical (unpaired) electrons. The fourth-order valence-corrected chi connectivity index (χ4v) is 4.89. The number of methoxy groups -OCH3 is 1. The minimum atomic E-state index is 0.334. The van der Waals surface area contributed by atoms with Crippen molar-refractivity contribution < 1.29 is 4.74 Å². The summed E-state index contributed by atoms with van der Waals surface area (Å²) in [7, 11) is 5.80. The van der Waals surface area contributed by atoms with Gasteiger partial charge in [0.25, 0.3) is 0 Å². The molecule has 0 amide bonds. The van der Waals surface area contributed by atoms with Crippen molar-refractivity contribution in [3.63, 3.8) is 0 Å². The highest BCUT2D eigenvalue weighted by Crippen LogP contribution is 2.26. The molecule has 0 aromatic heterocycles. The van der Waals surface area contributed by atoms with Gasteiger partial charge < -0.3 is 20.3 Å². The van der Waals surface area contributed by atoms with Crippen molar-refractivity contribution >= 4 is 5.96 Å². The molecule has 2 N–H and O–H groups in total. The number of piperazine rings is 1. The number of benzene rings is 1. The van der Waals surface area contributed by atoms with Gasteiger partial charge >= 0.3 is 0 Å². The van der Waals surface area contributed by atoms with Crippen molar-refractivity contribution in [2.75, 3.05) is 73.6 Å². The zero-order chi connectivity index (χ0) is 22.9. The van der Waals surface area contributed by atoms with Crippen LogP contribution in [0.1, 0.15) is 38.3 Å². The Morgan fingerprint density at radius 1 is 0.938 bits per heavy atom. The van der Waals surface area contributed by atoms with E-state index in [9.17, 15) is 0 Å². The van der Waals surface area contributed by atoms with Crippen molar-refractivity contribution in [1.82, 2.24) is 25.3 Å². The van der Waals surface area contributed by atoms with Gasteiger partial charge in [0.15, 0.2) is 5.96 Å². The lowest BCUT2D eigenvalue weighted by Crippen LogP contribution is -2.55. The summed E-state index contributed by atoms with van der Waals surface area (Å²) in [5.74, 6) is 2.39. The summed E-state index contributed by atoms with van der Waals surface area (Å²) in [6.07, 6.45) is 2.56. The van der Waals surface area contributed by atoms with Crippen molar-refractivity contribution in [2.45, 2.75) is 38.8 Å². The number of nitrogens with zero attached hydrogens (tertiary/aromatic N) is 4. The lowest BCUT2D eigenvalue weighted by atomic mass is 10.0. The third kappa shape index (κ3) is 6.83. The van der Waals surface area contributed by atoms with Crippen LogP contribution in [0.15, 0.2) is 29.3 Å². The summed E-state index contributed by atoms with van der Waals surface area (Å²) in [4.78, 5) is 12.2. The van der Waals surface area contributed by atoms with E-state index in [1.165, 1.54) is 18.4 Å². The predicted molar refractivity (Wildman–Crippen MR) is 134 cm³/mol. The molecule has 2 aliphatic rings. The number of hydrogen-bond donors (Lipinski definition) is 2. The SMILES string of the molecule is CN=C(NCC(c1ccc(OC)cc1)N1CCCC1)NCC(C(C)C)N1CCN(C)CC1. The number of likely N-dealkylation sites (tertiary alicyclic amines) is 1. The number of ether oxygens (including phenoxy) is 1. The van der Waals surface area contributed by atoms with Gasteiger partial charge in [-0.25, -0.2) is 0 Å². The number of aliphatic imine (C=N–C) groups is 1. The largest absolute Gasteiger partial charge is 0.497 e. The second kappa shape index (κ2) is 12.4. The first-order valence-corrected chi connectivity index (χ1v) is 12.3. The Hall–Kier alpha value is -1.83. The first-order chi connectivity index (χ1) is 15.5. The van der Waals surface area contributed by atoms with E-state index in [2.05, 4.69) is 75.5 Å². The zero-order valence-corrected chi connectivity index (χ0v) is 20.8. The van der Waals surface area contributed by atoms with Gasteiger partial charge in [0.05, 0.1) is 13.2 Å². The van der Waals surface area contributed by atoms with Crippen LogP contribution >= 0.6 is 0 Å². The Labute approximate surface area is 195 Å². The molecular weight excluding hydrogens is 400 g/mol. The minimum Gasteiger partial charge on any atom is -0.497 e. The van der Waals surface area contributed by atoms with Crippen LogP contribution in [-0.4, -0.2) is 100 Å². The van der Waals surface area contributed by atoms with Crippen LogP contribution < -0.4 is 15.4 Å². The Bertz CT molecular complexity index is 693. The van der Waals surface area contributed by atoms with E-state index in [4.69, 9.17) is 4.74 Å². The lowest BCUT2D eigenvalue weighted by molar-refractivity contribution is 0.0899. The van der Waals surface area contributed by atoms with Gasteiger partial charge in [-0.05, 0) is 56.6 Å². The number of hydrogen-bond acceptors (Lipinski definition) is 5. The summed E-state index contributed by atoms with van der Waals surface area (Å²) < 4.78 is 5.35. The van der Waals surface area contributed by atoms with E-state index in [1.54, 1.807) is 7.11 Å². The molecule has 2 atom stereocenters. The van der Waals surface area contributed by atoms with Crippen LogP contribution in [0.5, 0.6) is 5.75 Å². The summed E-state index contributed by atoms with van der Waals surface area (Å²) in [6.45, 7) is 13.3. The molecule has 180 valence electrons. The van der Waals surface area contributed by atoms with Gasteiger partial charge in [-0.2, -0.15) is 0 Å². The van der Waals surface area contributed by atoms with Crippen LogP contribution in [0.25, 0.3) is 0 Å². The second-order valence-electron chi connectivity index (χ2n) is 9.52. The molecule has 2 fully saturated rings. The van der Waals surface area contributed by atoms with Gasteiger partial charge in [-0.3, -0.25) is 14.8 Å². The van der Waals surface area contributed by atoms with Crippen LogP contribution in [-0.2, 0) is 0 Å². The highest BCUT2D eigenvalue weighted by Gasteiger charge is 2.26. The third-order valence-electron chi connectivity index (χ3n) is 7.02. The van der Waals surface area contributed by atoms with Gasteiger partial charge in [0.1, 0.15) is 5.75 Å². The number of rotatable bonds is 9. The third-order valence-corrected chi connectivity index (χ3v) is 7.02. The molecule has 2 unspecified atom stereocenters. The number of likely N-dealkylation sites (N-methyl/N-ethyl adjacent to an activating group) is 1. The maximum atomic E-state index is 5.35. The average molecular weight is 445 g/mol. The Balaban J connectivity index is 1.58. The van der Waals surface area contributed by atoms with Crippen molar-refractivity contribution in [3.05, 3.63) is 29.8 Å². The van der Waals surface area contributed by atoms with E-state index in [0.717, 1.165) is 64.1 Å². The van der Waals surface area contributed by atoms with E-state index in [1.807, 2.05) is 7.05 Å². The molecule has 1 aromatic rings. The molecule has 0 saturated carbocycles. The van der Waals surface area contributed by atoms with E-state index in [-0.39, 0.29) is 0 Å². The Morgan fingerprint density at radius 2 is 1.56 bits per heavy atom. The molecule has 32 heavy (non-hydrogen) atoms. The molecule has 2 heterocycles. The lowest BCUT2D eigenvalue weighted by Gasteiger charge is -2.40. The smallest absolute Gasteiger partial charge is 0.191 e. The first kappa shape index (κ1) is 24.8. The molecule has 7 heteroatoms. The van der Waals surface area contributed by atoms with Crippen LogP contribution in [0.2, 0.25) is 0 Å². The van der Waals surface area contributed by atoms with Crippen molar-refractivity contribution in [3.8, 4) is 5.75 Å². The molecule has 2 saturated heterocycles.